The lowest BCUT2D eigenvalue weighted by atomic mass is 10.0. The molecule has 2 saturated heterocycles. The summed E-state index contributed by atoms with van der Waals surface area (Å²) in [6.07, 6.45) is 0. The summed E-state index contributed by atoms with van der Waals surface area (Å²) in [5.41, 5.74) is 6.54. The molecule has 5 N–H and O–H groups in total. The Morgan fingerprint density at radius 2 is 2.17 bits per heavy atom. The second-order valence-corrected chi connectivity index (χ2v) is 10.6. The number of fused-ring (bicyclic) bond motifs is 1. The molecule has 2 unspecified atom stereocenters. The first-order chi connectivity index (χ1) is 11.0. The van der Waals surface area contributed by atoms with E-state index < -0.39 is 47.4 Å². The Bertz CT molecular complexity index is 719. The van der Waals surface area contributed by atoms with Crippen molar-refractivity contribution in [2.75, 3.05) is 0 Å². The number of hydrogen-bond acceptors (Lipinski definition) is 6. The third-order valence-corrected chi connectivity index (χ3v) is 8.17. The Morgan fingerprint density at radius 1 is 1.50 bits per heavy atom. The predicted octanol–water partition coefficient (Wildman–Crippen LogP) is 0.430. The number of rotatable bonds is 4. The van der Waals surface area contributed by atoms with Crippen molar-refractivity contribution in [3.63, 3.8) is 0 Å². The van der Waals surface area contributed by atoms with E-state index in [0.29, 0.717) is 5.56 Å². The molecule has 0 bridgehead atoms. The molecular formula is C13H18N3O5PS2. The van der Waals surface area contributed by atoms with Gasteiger partial charge in [-0.3, -0.25) is 14.2 Å². The van der Waals surface area contributed by atoms with E-state index in [1.807, 2.05) is 0 Å². The van der Waals surface area contributed by atoms with Crippen LogP contribution in [-0.4, -0.2) is 48.4 Å². The van der Waals surface area contributed by atoms with Crippen molar-refractivity contribution in [3.05, 3.63) is 22.4 Å². The van der Waals surface area contributed by atoms with Crippen LogP contribution in [0.2, 0.25) is 0 Å². The molecule has 11 heteroatoms. The average molecular weight is 391 g/mol. The number of thioether (sulfide) groups is 1. The maximum atomic E-state index is 12.3. The summed E-state index contributed by atoms with van der Waals surface area (Å²) in [5.74, 6) is -2.16. The van der Waals surface area contributed by atoms with Crippen molar-refractivity contribution in [1.29, 1.82) is 0 Å². The molecular weight excluding hydrogens is 373 g/mol. The summed E-state index contributed by atoms with van der Waals surface area (Å²) in [6, 6.07) is 0.0410. The van der Waals surface area contributed by atoms with Crippen LogP contribution in [0.1, 0.15) is 25.5 Å². The molecule has 0 spiro atoms. The van der Waals surface area contributed by atoms with Crippen LogP contribution in [0, 0.1) is 0 Å². The molecule has 24 heavy (non-hydrogen) atoms. The van der Waals surface area contributed by atoms with Gasteiger partial charge in [0.1, 0.15) is 23.2 Å². The third kappa shape index (κ3) is 2.81. The fraction of sp³-hybridized carbons (Fsp3) is 0.538. The monoisotopic (exact) mass is 391 g/mol. The maximum absolute atomic E-state index is 12.3. The quantitative estimate of drug-likeness (QED) is 0.432. The first-order valence-corrected chi connectivity index (χ1v) is 10.7. The molecule has 2 aliphatic rings. The first-order valence-electron chi connectivity index (χ1n) is 7.17. The van der Waals surface area contributed by atoms with E-state index in [1.54, 1.807) is 30.7 Å². The van der Waals surface area contributed by atoms with Crippen LogP contribution in [-0.2, 0) is 14.2 Å². The van der Waals surface area contributed by atoms with Gasteiger partial charge >= 0.3 is 7.60 Å². The number of carbonyl (C=O) groups excluding carboxylic acids is 2. The molecule has 3 rings (SSSR count). The molecule has 0 aliphatic carbocycles. The average Bonchev–Trinajstić information content (AvgIpc) is 3.07. The molecule has 2 amide bonds. The summed E-state index contributed by atoms with van der Waals surface area (Å²) >= 11 is 2.69. The highest BCUT2D eigenvalue weighted by Gasteiger charge is 2.66. The standard InChI is InChI=1S/C13H18N3O5PS2/c1-13(2)12(22(19,20)21)16-10(18)8(11(16)24-13)15-9(17)7(14)6-3-4-23-5-6/h3-5,7-8,11-12H,14H2,1-2H3,(H,15,17)(H2,19,20,21)/t7-,8?,11-,12?/m1/s1. The molecule has 0 saturated carbocycles. The van der Waals surface area contributed by atoms with Crippen molar-refractivity contribution in [1.82, 2.24) is 10.2 Å². The zero-order valence-electron chi connectivity index (χ0n) is 12.9. The van der Waals surface area contributed by atoms with Crippen molar-refractivity contribution in [3.8, 4) is 0 Å². The van der Waals surface area contributed by atoms with Gasteiger partial charge in [0.2, 0.25) is 11.8 Å². The van der Waals surface area contributed by atoms with E-state index in [4.69, 9.17) is 5.73 Å². The Hall–Kier alpha value is -0.900. The smallest absolute Gasteiger partial charge is 0.340 e. The van der Waals surface area contributed by atoms with Crippen molar-refractivity contribution in [2.45, 2.75) is 41.8 Å². The van der Waals surface area contributed by atoms with E-state index in [2.05, 4.69) is 5.32 Å². The number of amides is 2. The molecule has 2 aliphatic heterocycles. The first kappa shape index (κ1) is 17.9. The van der Waals surface area contributed by atoms with Gasteiger partial charge in [0.05, 0.1) is 0 Å². The van der Waals surface area contributed by atoms with Crippen LogP contribution in [0.5, 0.6) is 0 Å². The lowest BCUT2D eigenvalue weighted by Crippen LogP contribution is -2.69. The summed E-state index contributed by atoms with van der Waals surface area (Å²) < 4.78 is 10.9. The van der Waals surface area contributed by atoms with Crippen LogP contribution in [0.25, 0.3) is 0 Å². The molecule has 3 heterocycles. The topological polar surface area (TPSA) is 133 Å². The van der Waals surface area contributed by atoms with Gasteiger partial charge < -0.3 is 25.7 Å². The molecule has 1 aromatic heterocycles. The predicted molar refractivity (Wildman–Crippen MR) is 91.3 cm³/mol. The highest BCUT2D eigenvalue weighted by atomic mass is 32.2. The van der Waals surface area contributed by atoms with Gasteiger partial charge in [0, 0.05) is 4.75 Å². The fourth-order valence-corrected chi connectivity index (χ4v) is 7.41. The number of nitrogens with two attached hydrogens (primary N) is 1. The number of nitrogens with one attached hydrogen (secondary N) is 1. The zero-order chi connectivity index (χ0) is 17.9. The normalized spacial score (nSPS) is 29.8. The Morgan fingerprint density at radius 3 is 2.71 bits per heavy atom. The number of β-lactam (4-membered cyclic amide) rings is 1. The summed E-state index contributed by atoms with van der Waals surface area (Å²) in [5, 5.41) is 5.68. The number of nitrogens with zero attached hydrogens (tertiary/aromatic N) is 1. The SMILES string of the molecule is CC1(C)S[C@@H]2C(NC(=O)[C@H](N)c3ccsc3)C(=O)N2C1P(=O)(O)O. The van der Waals surface area contributed by atoms with Crippen LogP contribution in [0.3, 0.4) is 0 Å². The third-order valence-electron chi connectivity index (χ3n) is 4.19. The van der Waals surface area contributed by atoms with Crippen LogP contribution in [0.15, 0.2) is 16.8 Å². The highest BCUT2D eigenvalue weighted by molar-refractivity contribution is 8.02. The summed E-state index contributed by atoms with van der Waals surface area (Å²) in [6.45, 7) is 3.37. The molecule has 8 nitrogen and oxygen atoms in total. The summed E-state index contributed by atoms with van der Waals surface area (Å²) in [7, 11) is -4.49. The molecule has 4 atom stereocenters. The Balaban J connectivity index is 1.74. The largest absolute Gasteiger partial charge is 0.349 e. The Labute approximate surface area is 146 Å². The second kappa shape index (κ2) is 5.82. The Kier molecular flexibility index (Phi) is 4.35. The second-order valence-electron chi connectivity index (χ2n) is 6.34. The lowest BCUT2D eigenvalue weighted by Gasteiger charge is -2.44. The molecule has 1 aromatic rings. The van der Waals surface area contributed by atoms with E-state index in [9.17, 15) is 23.9 Å². The van der Waals surface area contributed by atoms with Crippen LogP contribution in [0.4, 0.5) is 0 Å². The van der Waals surface area contributed by atoms with E-state index in [-0.39, 0.29) is 0 Å². The van der Waals surface area contributed by atoms with E-state index in [1.165, 1.54) is 28.0 Å². The number of hydrogen-bond donors (Lipinski definition) is 4. The minimum Gasteiger partial charge on any atom is -0.340 e. The number of thiophene rings is 1. The van der Waals surface area contributed by atoms with Crippen LogP contribution >= 0.6 is 30.7 Å². The van der Waals surface area contributed by atoms with Gasteiger partial charge in [0.15, 0.2) is 0 Å². The van der Waals surface area contributed by atoms with Gasteiger partial charge in [-0.2, -0.15) is 11.3 Å². The number of carbonyl (C=O) groups is 2. The van der Waals surface area contributed by atoms with Gasteiger partial charge in [-0.15, -0.1) is 11.8 Å². The van der Waals surface area contributed by atoms with Crippen molar-refractivity contribution < 1.29 is 23.9 Å². The van der Waals surface area contributed by atoms with E-state index in [0.717, 1.165) is 0 Å². The lowest BCUT2D eigenvalue weighted by molar-refractivity contribution is -0.149. The molecule has 0 aromatic carbocycles. The van der Waals surface area contributed by atoms with Crippen LogP contribution < -0.4 is 11.1 Å². The highest BCUT2D eigenvalue weighted by Crippen LogP contribution is 2.62. The minimum atomic E-state index is -4.49. The van der Waals surface area contributed by atoms with Gasteiger partial charge in [-0.1, -0.05) is 0 Å². The van der Waals surface area contributed by atoms with E-state index >= 15 is 0 Å². The van der Waals surface area contributed by atoms with Gasteiger partial charge in [-0.25, -0.2) is 0 Å². The minimum absolute atomic E-state index is 0.482. The molecule has 2 fully saturated rings. The molecule has 132 valence electrons. The molecule has 0 radical (unpaired) electrons. The van der Waals surface area contributed by atoms with Crippen molar-refractivity contribution in [2.24, 2.45) is 5.73 Å². The summed E-state index contributed by atoms with van der Waals surface area (Å²) in [4.78, 5) is 44.9. The zero-order valence-corrected chi connectivity index (χ0v) is 15.5. The van der Waals surface area contributed by atoms with Gasteiger partial charge in [0.25, 0.3) is 0 Å². The van der Waals surface area contributed by atoms with Gasteiger partial charge in [-0.05, 0) is 36.2 Å². The van der Waals surface area contributed by atoms with Crippen molar-refractivity contribution >= 4 is 42.5 Å². The maximum Gasteiger partial charge on any atom is 0.349 e. The fourth-order valence-electron chi connectivity index (χ4n) is 3.12.